The number of benzene rings is 1. The Kier molecular flexibility index (Phi) is 4.10. The first-order valence-corrected chi connectivity index (χ1v) is 6.30. The first kappa shape index (κ1) is 14.9. The van der Waals surface area contributed by atoms with E-state index in [9.17, 15) is 18.3 Å². The van der Waals surface area contributed by atoms with Gasteiger partial charge in [0.25, 0.3) is 0 Å². The predicted molar refractivity (Wildman–Crippen MR) is 69.3 cm³/mol. The first-order valence-electron chi connectivity index (χ1n) is 6.30. The van der Waals surface area contributed by atoms with E-state index in [0.29, 0.717) is 31.7 Å². The predicted octanol–water partition coefficient (Wildman–Crippen LogP) is 2.24. The topological polar surface area (TPSA) is 67.5 Å². The van der Waals surface area contributed by atoms with Gasteiger partial charge in [-0.25, -0.2) is 0 Å². The minimum atomic E-state index is -4.50. The van der Waals surface area contributed by atoms with Gasteiger partial charge in [0.15, 0.2) is 0 Å². The molecule has 112 valence electrons. The highest BCUT2D eigenvalue weighted by Gasteiger charge is 2.35. The maximum atomic E-state index is 12.8. The normalized spacial score (nSPS) is 18.8. The van der Waals surface area contributed by atoms with Crippen LogP contribution in [0, 0.1) is 0 Å². The van der Waals surface area contributed by atoms with Gasteiger partial charge in [0, 0.05) is 24.6 Å². The number of ether oxygens (including phenoxy) is 1. The van der Waals surface area contributed by atoms with E-state index in [2.05, 4.69) is 5.32 Å². The van der Waals surface area contributed by atoms with Crippen LogP contribution in [0.4, 0.5) is 24.5 Å². The number of hydrogen-bond acceptors (Lipinski definition) is 4. The number of nitrogen functional groups attached to an aromatic ring is 1. The molecule has 0 aromatic heterocycles. The van der Waals surface area contributed by atoms with E-state index >= 15 is 0 Å². The third-order valence-corrected chi connectivity index (χ3v) is 3.52. The Labute approximate surface area is 114 Å². The van der Waals surface area contributed by atoms with Gasteiger partial charge >= 0.3 is 6.18 Å². The molecule has 0 amide bonds. The van der Waals surface area contributed by atoms with Crippen molar-refractivity contribution in [2.45, 2.75) is 24.6 Å². The summed E-state index contributed by atoms with van der Waals surface area (Å²) in [6.45, 7) is 0.769. The summed E-state index contributed by atoms with van der Waals surface area (Å²) < 4.78 is 43.6. The zero-order chi connectivity index (χ0) is 14.8. The number of rotatable bonds is 3. The van der Waals surface area contributed by atoms with Gasteiger partial charge in [-0.05, 0) is 31.0 Å². The SMILES string of the molecule is Nc1ccc(NC2(CO)CCOCC2)cc1C(F)(F)F. The lowest BCUT2D eigenvalue weighted by atomic mass is 9.90. The fourth-order valence-electron chi connectivity index (χ4n) is 2.27. The second-order valence-corrected chi connectivity index (χ2v) is 4.98. The largest absolute Gasteiger partial charge is 0.418 e. The van der Waals surface area contributed by atoms with Crippen molar-refractivity contribution in [2.75, 3.05) is 30.9 Å². The number of aliphatic hydroxyl groups excluding tert-OH is 1. The summed E-state index contributed by atoms with van der Waals surface area (Å²) >= 11 is 0. The van der Waals surface area contributed by atoms with Gasteiger partial charge in [0.2, 0.25) is 0 Å². The van der Waals surface area contributed by atoms with Gasteiger partial charge < -0.3 is 20.9 Å². The van der Waals surface area contributed by atoms with Crippen LogP contribution in [-0.2, 0) is 10.9 Å². The lowest BCUT2D eigenvalue weighted by Crippen LogP contribution is -2.46. The van der Waals surface area contributed by atoms with Crippen molar-refractivity contribution < 1.29 is 23.0 Å². The second-order valence-electron chi connectivity index (χ2n) is 4.98. The lowest BCUT2D eigenvalue weighted by molar-refractivity contribution is -0.136. The molecule has 7 heteroatoms. The van der Waals surface area contributed by atoms with Gasteiger partial charge in [-0.2, -0.15) is 13.2 Å². The van der Waals surface area contributed by atoms with Crippen LogP contribution < -0.4 is 11.1 Å². The van der Waals surface area contributed by atoms with Crippen molar-refractivity contribution >= 4 is 11.4 Å². The van der Waals surface area contributed by atoms with E-state index < -0.39 is 17.3 Å². The van der Waals surface area contributed by atoms with Gasteiger partial charge in [0.05, 0.1) is 17.7 Å². The third-order valence-electron chi connectivity index (χ3n) is 3.52. The lowest BCUT2D eigenvalue weighted by Gasteiger charge is -2.37. The molecule has 0 spiro atoms. The smallest absolute Gasteiger partial charge is 0.398 e. The molecule has 4 N–H and O–H groups in total. The molecule has 1 fully saturated rings. The Hall–Kier alpha value is -1.47. The monoisotopic (exact) mass is 290 g/mol. The summed E-state index contributed by atoms with van der Waals surface area (Å²) in [6.07, 6.45) is -3.42. The van der Waals surface area contributed by atoms with E-state index in [0.717, 1.165) is 6.07 Å². The molecular formula is C13H17F3N2O2. The summed E-state index contributed by atoms with van der Waals surface area (Å²) in [5, 5.41) is 12.5. The second kappa shape index (κ2) is 5.49. The highest BCUT2D eigenvalue weighted by molar-refractivity contribution is 5.59. The van der Waals surface area contributed by atoms with E-state index in [1.807, 2.05) is 0 Å². The Morgan fingerprint density at radius 1 is 1.30 bits per heavy atom. The molecule has 0 aliphatic carbocycles. The van der Waals surface area contributed by atoms with Crippen molar-refractivity contribution in [1.29, 1.82) is 0 Å². The minimum absolute atomic E-state index is 0.165. The van der Waals surface area contributed by atoms with Gasteiger partial charge in [-0.15, -0.1) is 0 Å². The molecular weight excluding hydrogens is 273 g/mol. The fourth-order valence-corrected chi connectivity index (χ4v) is 2.27. The van der Waals surface area contributed by atoms with Gasteiger partial charge in [-0.1, -0.05) is 0 Å². The number of nitrogens with two attached hydrogens (primary N) is 1. The zero-order valence-electron chi connectivity index (χ0n) is 10.8. The summed E-state index contributed by atoms with van der Waals surface area (Å²) in [7, 11) is 0. The highest BCUT2D eigenvalue weighted by Crippen LogP contribution is 2.36. The third kappa shape index (κ3) is 3.16. The van der Waals surface area contributed by atoms with Crippen LogP contribution >= 0.6 is 0 Å². The molecule has 1 aromatic rings. The molecule has 1 saturated heterocycles. The molecule has 1 aliphatic heterocycles. The molecule has 0 radical (unpaired) electrons. The summed E-state index contributed by atoms with van der Waals surface area (Å²) in [5.41, 5.74) is 3.82. The van der Waals surface area contributed by atoms with E-state index in [1.165, 1.54) is 12.1 Å². The number of nitrogens with one attached hydrogen (secondary N) is 1. The van der Waals surface area contributed by atoms with Crippen LogP contribution in [0.15, 0.2) is 18.2 Å². The molecule has 1 aromatic carbocycles. The molecule has 4 nitrogen and oxygen atoms in total. The Morgan fingerprint density at radius 2 is 1.95 bits per heavy atom. The molecule has 0 bridgehead atoms. The molecule has 20 heavy (non-hydrogen) atoms. The number of halogens is 3. The van der Waals surface area contributed by atoms with Crippen LogP contribution in [0.2, 0.25) is 0 Å². The van der Waals surface area contributed by atoms with Crippen molar-refractivity contribution in [3.8, 4) is 0 Å². The summed E-state index contributed by atoms with van der Waals surface area (Å²) in [6, 6.07) is 3.68. The van der Waals surface area contributed by atoms with E-state index in [4.69, 9.17) is 10.5 Å². The number of alkyl halides is 3. The molecule has 0 atom stereocenters. The van der Waals surface area contributed by atoms with Crippen LogP contribution in [0.25, 0.3) is 0 Å². The van der Waals surface area contributed by atoms with Crippen molar-refractivity contribution in [1.82, 2.24) is 0 Å². The average Bonchev–Trinajstić information content (AvgIpc) is 2.41. The minimum Gasteiger partial charge on any atom is -0.398 e. The number of hydrogen-bond donors (Lipinski definition) is 3. The Balaban J connectivity index is 2.25. The molecule has 0 saturated carbocycles. The Morgan fingerprint density at radius 3 is 2.50 bits per heavy atom. The van der Waals surface area contributed by atoms with Crippen LogP contribution in [-0.4, -0.2) is 30.5 Å². The molecule has 0 unspecified atom stereocenters. The average molecular weight is 290 g/mol. The summed E-state index contributed by atoms with van der Waals surface area (Å²) in [4.78, 5) is 0. The first-order chi connectivity index (χ1) is 9.36. The van der Waals surface area contributed by atoms with Crippen molar-refractivity contribution in [3.63, 3.8) is 0 Å². The fraction of sp³-hybridized carbons (Fsp3) is 0.538. The van der Waals surface area contributed by atoms with Gasteiger partial charge in [-0.3, -0.25) is 0 Å². The maximum absolute atomic E-state index is 12.8. The van der Waals surface area contributed by atoms with Crippen molar-refractivity contribution in [2.24, 2.45) is 0 Å². The van der Waals surface area contributed by atoms with Gasteiger partial charge in [0.1, 0.15) is 0 Å². The van der Waals surface area contributed by atoms with E-state index in [1.54, 1.807) is 0 Å². The summed E-state index contributed by atoms with van der Waals surface area (Å²) in [5.74, 6) is 0. The molecule has 1 heterocycles. The van der Waals surface area contributed by atoms with Crippen LogP contribution in [0.3, 0.4) is 0 Å². The number of aliphatic hydroxyl groups is 1. The quantitative estimate of drug-likeness (QED) is 0.747. The maximum Gasteiger partial charge on any atom is 0.418 e. The molecule has 1 aliphatic rings. The Bertz CT molecular complexity index is 471. The number of anilines is 2. The van der Waals surface area contributed by atoms with Crippen molar-refractivity contribution in [3.05, 3.63) is 23.8 Å². The van der Waals surface area contributed by atoms with E-state index in [-0.39, 0.29) is 12.3 Å². The van der Waals surface area contributed by atoms with Crippen LogP contribution in [0.5, 0.6) is 0 Å². The highest BCUT2D eigenvalue weighted by atomic mass is 19.4. The molecule has 2 rings (SSSR count). The van der Waals surface area contributed by atoms with Crippen LogP contribution in [0.1, 0.15) is 18.4 Å². The standard InChI is InChI=1S/C13H17F3N2O2/c14-13(15,16)10-7-9(1-2-11(10)17)18-12(8-19)3-5-20-6-4-12/h1-2,7,18-19H,3-6,8,17H2. The zero-order valence-corrected chi connectivity index (χ0v) is 10.8.